The fourth-order valence-corrected chi connectivity index (χ4v) is 2.23. The standard InChI is InChI=1S/C14H8Cl2N2O5/c15-8-4-2-5-9(12(8)16)17-13(19)11-7(14(20)21)3-1-6-10(11)18(22)23/h1-6H,(H,17,19)(H,20,21)/p-1. The Bertz CT molecular complexity index is 791. The summed E-state index contributed by atoms with van der Waals surface area (Å²) in [6, 6.07) is 7.60. The maximum atomic E-state index is 12.3. The smallest absolute Gasteiger partial charge is 0.282 e. The molecule has 118 valence electrons. The fourth-order valence-electron chi connectivity index (χ4n) is 1.89. The summed E-state index contributed by atoms with van der Waals surface area (Å²) >= 11 is 11.7. The Labute approximate surface area is 139 Å². The number of hydrogen-bond acceptors (Lipinski definition) is 5. The number of nitrogens with zero attached hydrogens (tertiary/aromatic N) is 1. The fraction of sp³-hybridized carbons (Fsp3) is 0. The lowest BCUT2D eigenvalue weighted by Crippen LogP contribution is -2.27. The molecule has 0 saturated heterocycles. The van der Waals surface area contributed by atoms with E-state index in [9.17, 15) is 24.8 Å². The van der Waals surface area contributed by atoms with E-state index in [4.69, 9.17) is 23.2 Å². The van der Waals surface area contributed by atoms with Gasteiger partial charge in [-0.15, -0.1) is 0 Å². The van der Waals surface area contributed by atoms with Gasteiger partial charge >= 0.3 is 0 Å². The van der Waals surface area contributed by atoms with Gasteiger partial charge in [-0.3, -0.25) is 14.9 Å². The largest absolute Gasteiger partial charge is 0.545 e. The second-order valence-electron chi connectivity index (χ2n) is 4.30. The number of rotatable bonds is 4. The van der Waals surface area contributed by atoms with Crippen LogP contribution in [0.15, 0.2) is 36.4 Å². The molecule has 0 aromatic heterocycles. The van der Waals surface area contributed by atoms with Crippen LogP contribution in [-0.2, 0) is 0 Å². The summed E-state index contributed by atoms with van der Waals surface area (Å²) in [7, 11) is 0. The summed E-state index contributed by atoms with van der Waals surface area (Å²) in [4.78, 5) is 33.6. The van der Waals surface area contributed by atoms with Crippen LogP contribution in [0.2, 0.25) is 10.0 Å². The topological polar surface area (TPSA) is 112 Å². The van der Waals surface area contributed by atoms with E-state index < -0.39 is 33.6 Å². The molecule has 23 heavy (non-hydrogen) atoms. The minimum absolute atomic E-state index is 0.0242. The van der Waals surface area contributed by atoms with Crippen LogP contribution in [0.5, 0.6) is 0 Å². The minimum atomic E-state index is -1.71. The molecule has 0 radical (unpaired) electrons. The summed E-state index contributed by atoms with van der Waals surface area (Å²) in [5, 5.41) is 24.6. The molecule has 0 saturated carbocycles. The first-order valence-electron chi connectivity index (χ1n) is 6.07. The number of carbonyl (C=O) groups is 2. The van der Waals surface area contributed by atoms with Gasteiger partial charge in [0.2, 0.25) is 0 Å². The van der Waals surface area contributed by atoms with Gasteiger partial charge in [-0.05, 0) is 12.1 Å². The average molecular weight is 354 g/mol. The quantitative estimate of drug-likeness (QED) is 0.670. The average Bonchev–Trinajstić information content (AvgIpc) is 2.50. The lowest BCUT2D eigenvalue weighted by Gasteiger charge is -2.12. The van der Waals surface area contributed by atoms with Gasteiger partial charge < -0.3 is 15.2 Å². The predicted molar refractivity (Wildman–Crippen MR) is 81.8 cm³/mol. The van der Waals surface area contributed by atoms with Crippen molar-refractivity contribution in [3.63, 3.8) is 0 Å². The molecule has 2 aromatic carbocycles. The van der Waals surface area contributed by atoms with Crippen LogP contribution >= 0.6 is 23.2 Å². The SMILES string of the molecule is O=C([O-])c1cccc([N+](=O)[O-])c1C(=O)Nc1cccc(Cl)c1Cl. The van der Waals surface area contributed by atoms with Gasteiger partial charge in [0, 0.05) is 11.6 Å². The molecule has 7 nitrogen and oxygen atoms in total. The number of carbonyl (C=O) groups excluding carboxylic acids is 2. The van der Waals surface area contributed by atoms with Gasteiger partial charge in [0.1, 0.15) is 5.56 Å². The van der Waals surface area contributed by atoms with E-state index in [1.165, 1.54) is 18.2 Å². The van der Waals surface area contributed by atoms with Crippen molar-refractivity contribution in [2.24, 2.45) is 0 Å². The van der Waals surface area contributed by atoms with E-state index >= 15 is 0 Å². The maximum absolute atomic E-state index is 12.3. The first-order chi connectivity index (χ1) is 10.8. The minimum Gasteiger partial charge on any atom is -0.545 e. The van der Waals surface area contributed by atoms with Crippen molar-refractivity contribution >= 4 is 46.5 Å². The van der Waals surface area contributed by atoms with Crippen molar-refractivity contribution in [1.29, 1.82) is 0 Å². The van der Waals surface area contributed by atoms with E-state index in [1.807, 2.05) is 0 Å². The second kappa shape index (κ2) is 6.64. The zero-order chi connectivity index (χ0) is 17.1. The van der Waals surface area contributed by atoms with Crippen molar-refractivity contribution in [1.82, 2.24) is 0 Å². The van der Waals surface area contributed by atoms with Crippen LogP contribution < -0.4 is 10.4 Å². The van der Waals surface area contributed by atoms with Crippen LogP contribution in [0.3, 0.4) is 0 Å². The summed E-state index contributed by atoms with van der Waals surface area (Å²) in [5.41, 5.74) is -1.81. The molecule has 0 aliphatic rings. The molecule has 1 amide bonds. The first-order valence-corrected chi connectivity index (χ1v) is 6.82. The molecule has 0 aliphatic heterocycles. The number of hydrogen-bond donors (Lipinski definition) is 1. The predicted octanol–water partition coefficient (Wildman–Crippen LogP) is 2.52. The van der Waals surface area contributed by atoms with E-state index in [2.05, 4.69) is 5.32 Å². The van der Waals surface area contributed by atoms with E-state index in [1.54, 1.807) is 0 Å². The molecule has 2 aromatic rings. The third kappa shape index (κ3) is 3.41. The number of nitro benzene ring substituents is 1. The third-order valence-electron chi connectivity index (χ3n) is 2.89. The number of carboxylic acid groups (broad SMARTS) is 1. The summed E-state index contributed by atoms with van der Waals surface area (Å²) < 4.78 is 0. The van der Waals surface area contributed by atoms with E-state index in [0.717, 1.165) is 18.2 Å². The summed E-state index contributed by atoms with van der Waals surface area (Å²) in [6.07, 6.45) is 0. The molecular weight excluding hydrogens is 347 g/mol. The normalized spacial score (nSPS) is 10.2. The summed E-state index contributed by atoms with van der Waals surface area (Å²) in [5.74, 6) is -2.73. The van der Waals surface area contributed by atoms with E-state index in [-0.39, 0.29) is 15.7 Å². The number of amides is 1. The number of benzene rings is 2. The molecule has 0 unspecified atom stereocenters. The number of carboxylic acids is 1. The number of nitro groups is 1. The molecular formula is C14H7Cl2N2O5-. The third-order valence-corrected chi connectivity index (χ3v) is 3.70. The van der Waals surface area contributed by atoms with Gasteiger partial charge in [0.15, 0.2) is 0 Å². The molecule has 0 atom stereocenters. The van der Waals surface area contributed by atoms with Gasteiger partial charge in [-0.1, -0.05) is 41.4 Å². The van der Waals surface area contributed by atoms with Crippen LogP contribution in [0.1, 0.15) is 20.7 Å². The van der Waals surface area contributed by atoms with Crippen LogP contribution in [0, 0.1) is 10.1 Å². The molecule has 9 heteroatoms. The Morgan fingerprint density at radius 3 is 2.35 bits per heavy atom. The highest BCUT2D eigenvalue weighted by atomic mass is 35.5. The number of halogens is 2. The first kappa shape index (κ1) is 16.7. The Morgan fingerprint density at radius 1 is 1.09 bits per heavy atom. The Kier molecular flexibility index (Phi) is 4.83. The lowest BCUT2D eigenvalue weighted by atomic mass is 10.0. The molecule has 0 bridgehead atoms. The zero-order valence-electron chi connectivity index (χ0n) is 11.2. The van der Waals surface area contributed by atoms with Crippen molar-refractivity contribution in [3.8, 4) is 0 Å². The summed E-state index contributed by atoms with van der Waals surface area (Å²) in [6.45, 7) is 0. The molecule has 1 N–H and O–H groups in total. The van der Waals surface area contributed by atoms with Crippen LogP contribution in [-0.4, -0.2) is 16.8 Å². The zero-order valence-corrected chi connectivity index (χ0v) is 12.7. The Hall–Kier alpha value is -2.64. The molecule has 0 aliphatic carbocycles. The molecule has 0 heterocycles. The van der Waals surface area contributed by atoms with Crippen molar-refractivity contribution in [2.45, 2.75) is 0 Å². The van der Waals surface area contributed by atoms with Gasteiger partial charge in [-0.2, -0.15) is 0 Å². The highest BCUT2D eigenvalue weighted by Gasteiger charge is 2.25. The molecule has 0 fully saturated rings. The molecule has 2 rings (SSSR count). The van der Waals surface area contributed by atoms with Crippen molar-refractivity contribution < 1.29 is 19.6 Å². The Balaban J connectivity index is 2.52. The van der Waals surface area contributed by atoms with Crippen LogP contribution in [0.4, 0.5) is 11.4 Å². The van der Waals surface area contributed by atoms with E-state index in [0.29, 0.717) is 0 Å². The van der Waals surface area contributed by atoms with Crippen LogP contribution in [0.25, 0.3) is 0 Å². The second-order valence-corrected chi connectivity index (χ2v) is 5.08. The van der Waals surface area contributed by atoms with Crippen molar-refractivity contribution in [2.75, 3.05) is 5.32 Å². The highest BCUT2D eigenvalue weighted by molar-refractivity contribution is 6.44. The number of aromatic carboxylic acids is 1. The number of nitrogens with one attached hydrogen (secondary N) is 1. The van der Waals surface area contributed by atoms with Crippen molar-refractivity contribution in [3.05, 3.63) is 67.7 Å². The highest BCUT2D eigenvalue weighted by Crippen LogP contribution is 2.31. The Morgan fingerprint density at radius 2 is 1.74 bits per heavy atom. The van der Waals surface area contributed by atoms with Gasteiger partial charge in [0.05, 0.1) is 26.6 Å². The monoisotopic (exact) mass is 353 g/mol. The maximum Gasteiger partial charge on any atom is 0.282 e. The van der Waals surface area contributed by atoms with Gasteiger partial charge in [0.25, 0.3) is 11.6 Å². The molecule has 0 spiro atoms. The van der Waals surface area contributed by atoms with Gasteiger partial charge in [-0.25, -0.2) is 0 Å². The number of anilines is 1. The lowest BCUT2D eigenvalue weighted by molar-refractivity contribution is -0.385.